The molecule has 1 aromatic carbocycles. The number of ether oxygens (including phenoxy) is 1. The van der Waals surface area contributed by atoms with E-state index in [0.717, 1.165) is 31.2 Å². The number of rotatable bonds is 4. The van der Waals surface area contributed by atoms with Gasteiger partial charge in [0.1, 0.15) is 11.3 Å². The Kier molecular flexibility index (Phi) is 4.87. The van der Waals surface area contributed by atoms with Crippen LogP contribution in [0.4, 0.5) is 4.79 Å². The van der Waals surface area contributed by atoms with E-state index in [1.807, 2.05) is 43.0 Å². The lowest BCUT2D eigenvalue weighted by atomic mass is 9.86. The minimum absolute atomic E-state index is 0.0719. The molecule has 6 heteroatoms. The fourth-order valence-electron chi connectivity index (χ4n) is 4.56. The molecule has 1 aromatic heterocycles. The van der Waals surface area contributed by atoms with Crippen molar-refractivity contribution in [3.63, 3.8) is 0 Å². The Balaban J connectivity index is 1.44. The number of nitrogens with one attached hydrogen (secondary N) is 2. The lowest BCUT2D eigenvalue weighted by molar-refractivity contribution is 0.0663. The molecular weight excluding hydrogens is 354 g/mol. The van der Waals surface area contributed by atoms with Crippen molar-refractivity contribution in [2.75, 3.05) is 0 Å². The van der Waals surface area contributed by atoms with Gasteiger partial charge in [0, 0.05) is 18.3 Å². The standard InChI is InChI=1S/C22H27N3O3/c1-22(2)19(15-7-4-3-5-8-15)25(21(27)28-22)17-12-10-16(11-13-17)24-20(26)18-9-6-14-23-18/h3-9,14,16-17,19,23H,10-13H2,1-2H3,(H,24,26)/t16?,17?,19-/m0/s1. The van der Waals surface area contributed by atoms with E-state index < -0.39 is 5.60 Å². The van der Waals surface area contributed by atoms with Crippen molar-refractivity contribution in [1.82, 2.24) is 15.2 Å². The lowest BCUT2D eigenvalue weighted by Crippen LogP contribution is -2.46. The summed E-state index contributed by atoms with van der Waals surface area (Å²) in [5.41, 5.74) is 1.11. The molecule has 0 bridgehead atoms. The minimum Gasteiger partial charge on any atom is -0.441 e. The van der Waals surface area contributed by atoms with E-state index in [1.165, 1.54) is 0 Å². The summed E-state index contributed by atoms with van der Waals surface area (Å²) in [5.74, 6) is -0.0719. The highest BCUT2D eigenvalue weighted by Crippen LogP contribution is 2.44. The molecule has 2 amide bonds. The molecule has 2 aromatic rings. The average molecular weight is 381 g/mol. The molecule has 28 heavy (non-hydrogen) atoms. The maximum absolute atomic E-state index is 12.7. The summed E-state index contributed by atoms with van der Waals surface area (Å²) < 4.78 is 5.74. The van der Waals surface area contributed by atoms with E-state index >= 15 is 0 Å². The summed E-state index contributed by atoms with van der Waals surface area (Å²) in [6, 6.07) is 13.8. The van der Waals surface area contributed by atoms with E-state index in [0.29, 0.717) is 5.69 Å². The first-order valence-electron chi connectivity index (χ1n) is 9.96. The zero-order valence-corrected chi connectivity index (χ0v) is 16.4. The second kappa shape index (κ2) is 7.34. The normalized spacial score (nSPS) is 26.7. The summed E-state index contributed by atoms with van der Waals surface area (Å²) >= 11 is 0. The topological polar surface area (TPSA) is 74.4 Å². The lowest BCUT2D eigenvalue weighted by Gasteiger charge is -2.38. The van der Waals surface area contributed by atoms with Crippen LogP contribution in [0, 0.1) is 0 Å². The van der Waals surface area contributed by atoms with Gasteiger partial charge in [0.2, 0.25) is 0 Å². The molecule has 1 aliphatic carbocycles. The van der Waals surface area contributed by atoms with E-state index in [9.17, 15) is 9.59 Å². The summed E-state index contributed by atoms with van der Waals surface area (Å²) in [5, 5.41) is 3.10. The molecule has 2 fully saturated rings. The highest BCUT2D eigenvalue weighted by atomic mass is 16.6. The highest BCUT2D eigenvalue weighted by Gasteiger charge is 2.51. The van der Waals surface area contributed by atoms with Crippen molar-refractivity contribution in [2.45, 2.75) is 63.3 Å². The van der Waals surface area contributed by atoms with Crippen molar-refractivity contribution < 1.29 is 14.3 Å². The number of aromatic nitrogens is 1. The first kappa shape index (κ1) is 18.6. The molecule has 1 saturated carbocycles. The van der Waals surface area contributed by atoms with Crippen LogP contribution in [0.5, 0.6) is 0 Å². The summed E-state index contributed by atoms with van der Waals surface area (Å²) in [4.78, 5) is 29.8. The van der Waals surface area contributed by atoms with Crippen LogP contribution in [0.1, 0.15) is 61.6 Å². The third kappa shape index (κ3) is 3.51. The molecule has 2 N–H and O–H groups in total. The number of cyclic esters (lactones) is 1. The van der Waals surface area contributed by atoms with Gasteiger partial charge >= 0.3 is 6.09 Å². The molecule has 1 aliphatic heterocycles. The molecule has 1 saturated heterocycles. The van der Waals surface area contributed by atoms with Gasteiger partial charge in [-0.3, -0.25) is 9.69 Å². The maximum atomic E-state index is 12.7. The summed E-state index contributed by atoms with van der Waals surface area (Å²) in [6.45, 7) is 3.95. The smallest absolute Gasteiger partial charge is 0.411 e. The second-order valence-electron chi connectivity index (χ2n) is 8.25. The van der Waals surface area contributed by atoms with Crippen LogP contribution in [0.25, 0.3) is 0 Å². The number of hydrogen-bond acceptors (Lipinski definition) is 3. The number of H-pyrrole nitrogens is 1. The zero-order valence-electron chi connectivity index (χ0n) is 16.4. The van der Waals surface area contributed by atoms with Gasteiger partial charge in [-0.05, 0) is 57.2 Å². The van der Waals surface area contributed by atoms with E-state index in [2.05, 4.69) is 22.4 Å². The van der Waals surface area contributed by atoms with Crippen molar-refractivity contribution >= 4 is 12.0 Å². The van der Waals surface area contributed by atoms with Gasteiger partial charge in [0.15, 0.2) is 0 Å². The zero-order chi connectivity index (χ0) is 19.7. The maximum Gasteiger partial charge on any atom is 0.411 e. The number of benzene rings is 1. The Morgan fingerprint density at radius 2 is 1.82 bits per heavy atom. The number of hydrogen-bond donors (Lipinski definition) is 2. The number of aromatic amines is 1. The largest absolute Gasteiger partial charge is 0.441 e. The van der Waals surface area contributed by atoms with E-state index in [-0.39, 0.29) is 30.1 Å². The van der Waals surface area contributed by atoms with Crippen LogP contribution >= 0.6 is 0 Å². The van der Waals surface area contributed by atoms with Crippen molar-refractivity contribution in [2.24, 2.45) is 0 Å². The molecule has 0 unspecified atom stereocenters. The molecule has 0 spiro atoms. The van der Waals surface area contributed by atoms with Crippen molar-refractivity contribution in [3.8, 4) is 0 Å². The summed E-state index contributed by atoms with van der Waals surface area (Å²) in [7, 11) is 0. The fraction of sp³-hybridized carbons (Fsp3) is 0.455. The Labute approximate surface area is 165 Å². The Morgan fingerprint density at radius 3 is 2.46 bits per heavy atom. The second-order valence-corrected chi connectivity index (χ2v) is 8.25. The molecule has 4 rings (SSSR count). The SMILES string of the molecule is CC1(C)OC(=O)N(C2CCC(NC(=O)c3ccc[nH]3)CC2)[C@H]1c1ccccc1. The van der Waals surface area contributed by atoms with Gasteiger partial charge in [0.25, 0.3) is 5.91 Å². The van der Waals surface area contributed by atoms with Gasteiger partial charge in [-0.15, -0.1) is 0 Å². The van der Waals surface area contributed by atoms with Crippen LogP contribution in [0.2, 0.25) is 0 Å². The number of amides is 2. The first-order chi connectivity index (χ1) is 13.5. The Morgan fingerprint density at radius 1 is 1.11 bits per heavy atom. The van der Waals surface area contributed by atoms with E-state index in [4.69, 9.17) is 4.74 Å². The predicted octanol–water partition coefficient (Wildman–Crippen LogP) is 4.03. The first-order valence-corrected chi connectivity index (χ1v) is 9.96. The Hall–Kier alpha value is -2.76. The third-order valence-electron chi connectivity index (χ3n) is 5.88. The number of carbonyl (C=O) groups is 2. The number of carbonyl (C=O) groups excluding carboxylic acids is 2. The van der Waals surface area contributed by atoms with Gasteiger partial charge in [-0.1, -0.05) is 30.3 Å². The van der Waals surface area contributed by atoms with Gasteiger partial charge in [-0.2, -0.15) is 0 Å². The molecule has 0 radical (unpaired) electrons. The van der Waals surface area contributed by atoms with Crippen LogP contribution in [0.15, 0.2) is 48.7 Å². The molecule has 1 atom stereocenters. The van der Waals surface area contributed by atoms with Crippen molar-refractivity contribution in [1.29, 1.82) is 0 Å². The van der Waals surface area contributed by atoms with Crippen LogP contribution < -0.4 is 5.32 Å². The van der Waals surface area contributed by atoms with Crippen LogP contribution in [-0.2, 0) is 4.74 Å². The van der Waals surface area contributed by atoms with Crippen LogP contribution in [-0.4, -0.2) is 39.6 Å². The number of nitrogens with zero attached hydrogens (tertiary/aromatic N) is 1. The molecule has 6 nitrogen and oxygen atoms in total. The van der Waals surface area contributed by atoms with E-state index in [1.54, 1.807) is 12.3 Å². The molecule has 2 aliphatic rings. The average Bonchev–Trinajstić information content (AvgIpc) is 3.29. The van der Waals surface area contributed by atoms with Gasteiger partial charge < -0.3 is 15.0 Å². The van der Waals surface area contributed by atoms with Crippen molar-refractivity contribution in [3.05, 3.63) is 59.9 Å². The third-order valence-corrected chi connectivity index (χ3v) is 5.88. The molecule has 2 heterocycles. The fourth-order valence-corrected chi connectivity index (χ4v) is 4.56. The Bertz CT molecular complexity index is 824. The summed E-state index contributed by atoms with van der Waals surface area (Å²) in [6.07, 6.45) is 4.91. The van der Waals surface area contributed by atoms with Gasteiger partial charge in [-0.25, -0.2) is 4.79 Å². The minimum atomic E-state index is -0.572. The molecular formula is C22H27N3O3. The van der Waals surface area contributed by atoms with Gasteiger partial charge in [0.05, 0.1) is 6.04 Å². The quantitative estimate of drug-likeness (QED) is 0.840. The highest BCUT2D eigenvalue weighted by molar-refractivity contribution is 5.92. The molecule has 148 valence electrons. The monoisotopic (exact) mass is 381 g/mol. The van der Waals surface area contributed by atoms with Crippen LogP contribution in [0.3, 0.4) is 0 Å². The predicted molar refractivity (Wildman–Crippen MR) is 106 cm³/mol.